The second-order valence-electron chi connectivity index (χ2n) is 6.72. The summed E-state index contributed by atoms with van der Waals surface area (Å²) in [5, 5.41) is 22.8. The van der Waals surface area contributed by atoms with Crippen LogP contribution in [0.4, 0.5) is 13.2 Å². The van der Waals surface area contributed by atoms with Gasteiger partial charge in [-0.2, -0.15) is 18.3 Å². The maximum atomic E-state index is 13.7. The first-order chi connectivity index (χ1) is 15.2. The van der Waals surface area contributed by atoms with E-state index >= 15 is 0 Å². The van der Waals surface area contributed by atoms with Crippen LogP contribution in [-0.2, 0) is 17.6 Å². The van der Waals surface area contributed by atoms with Crippen LogP contribution in [0, 0.1) is 0 Å². The predicted molar refractivity (Wildman–Crippen MR) is 105 cm³/mol. The number of rotatable bonds is 5. The molecular formula is C21H15F3N4O4. The number of hydrogen-bond donors (Lipinski definition) is 3. The Kier molecular flexibility index (Phi) is 5.41. The Balaban J connectivity index is 1.65. The molecule has 0 aliphatic carbocycles. The Labute approximate surface area is 178 Å². The summed E-state index contributed by atoms with van der Waals surface area (Å²) in [7, 11) is 0. The van der Waals surface area contributed by atoms with Gasteiger partial charge < -0.3 is 15.1 Å². The summed E-state index contributed by atoms with van der Waals surface area (Å²) in [6.45, 7) is 0.195. The SMILES string of the molecule is O=C(ONCc1ccccc1)c1cc2nc(-c3ccc(O)c(O)c3)cc(C(F)(F)F)n2n1. The number of nitrogens with one attached hydrogen (secondary N) is 1. The van der Waals surface area contributed by atoms with Crippen LogP contribution in [0.25, 0.3) is 16.9 Å². The highest BCUT2D eigenvalue weighted by atomic mass is 19.4. The maximum Gasteiger partial charge on any atom is 0.433 e. The highest BCUT2D eigenvalue weighted by molar-refractivity contribution is 5.88. The number of carbonyl (C=O) groups is 1. The third kappa shape index (κ3) is 4.32. The average Bonchev–Trinajstić information content (AvgIpc) is 3.19. The number of phenolic OH excluding ortho intramolecular Hbond substituents is 2. The fraction of sp³-hybridized carbons (Fsp3) is 0.0952. The Bertz CT molecular complexity index is 1290. The van der Waals surface area contributed by atoms with Crippen molar-refractivity contribution >= 4 is 11.6 Å². The van der Waals surface area contributed by atoms with Gasteiger partial charge in [0.1, 0.15) is 0 Å². The smallest absolute Gasteiger partial charge is 0.433 e. The molecule has 4 rings (SSSR count). The van der Waals surface area contributed by atoms with Gasteiger partial charge in [-0.15, -0.1) is 5.48 Å². The number of halogens is 3. The number of alkyl halides is 3. The van der Waals surface area contributed by atoms with Crippen LogP contribution < -0.4 is 5.48 Å². The summed E-state index contributed by atoms with van der Waals surface area (Å²) < 4.78 is 41.5. The monoisotopic (exact) mass is 444 g/mol. The Morgan fingerprint density at radius 1 is 1.03 bits per heavy atom. The minimum Gasteiger partial charge on any atom is -0.504 e. The molecule has 0 atom stereocenters. The Hall–Kier alpha value is -4.12. The number of carbonyl (C=O) groups excluding carboxylic acids is 1. The largest absolute Gasteiger partial charge is 0.504 e. The van der Waals surface area contributed by atoms with Crippen molar-refractivity contribution in [3.05, 3.63) is 77.6 Å². The van der Waals surface area contributed by atoms with Gasteiger partial charge in [0.15, 0.2) is 28.5 Å². The minimum atomic E-state index is -4.81. The lowest BCUT2D eigenvalue weighted by Gasteiger charge is -2.11. The van der Waals surface area contributed by atoms with E-state index in [1.807, 2.05) is 6.07 Å². The summed E-state index contributed by atoms with van der Waals surface area (Å²) in [6.07, 6.45) is -4.81. The Morgan fingerprint density at radius 2 is 1.78 bits per heavy atom. The quantitative estimate of drug-likeness (QED) is 0.318. The number of hydrogen-bond acceptors (Lipinski definition) is 7. The van der Waals surface area contributed by atoms with Crippen molar-refractivity contribution in [1.29, 1.82) is 0 Å². The molecule has 0 aliphatic heterocycles. The fourth-order valence-electron chi connectivity index (χ4n) is 2.94. The average molecular weight is 444 g/mol. The first-order valence-corrected chi connectivity index (χ1v) is 9.21. The van der Waals surface area contributed by atoms with Gasteiger partial charge in [0.25, 0.3) is 0 Å². The van der Waals surface area contributed by atoms with Crippen molar-refractivity contribution in [3.63, 3.8) is 0 Å². The van der Waals surface area contributed by atoms with E-state index in [1.165, 1.54) is 6.07 Å². The second kappa shape index (κ2) is 8.19. The van der Waals surface area contributed by atoms with Gasteiger partial charge in [0.2, 0.25) is 0 Å². The number of nitrogens with zero attached hydrogens (tertiary/aromatic N) is 3. The second-order valence-corrected chi connectivity index (χ2v) is 6.72. The van der Waals surface area contributed by atoms with E-state index in [1.54, 1.807) is 24.3 Å². The van der Waals surface area contributed by atoms with Crippen molar-refractivity contribution < 1.29 is 33.0 Å². The van der Waals surface area contributed by atoms with Crippen LogP contribution in [0.5, 0.6) is 11.5 Å². The van der Waals surface area contributed by atoms with Crippen molar-refractivity contribution in [2.24, 2.45) is 0 Å². The first-order valence-electron chi connectivity index (χ1n) is 9.21. The van der Waals surface area contributed by atoms with Crippen molar-refractivity contribution in [2.45, 2.75) is 12.7 Å². The van der Waals surface area contributed by atoms with Crippen molar-refractivity contribution in [1.82, 2.24) is 20.1 Å². The van der Waals surface area contributed by atoms with Crippen LogP contribution in [0.1, 0.15) is 21.7 Å². The normalized spacial score (nSPS) is 11.6. The molecule has 0 saturated carbocycles. The van der Waals surface area contributed by atoms with Gasteiger partial charge in [-0.25, -0.2) is 14.3 Å². The molecule has 0 aliphatic rings. The Morgan fingerprint density at radius 3 is 2.47 bits per heavy atom. The van der Waals surface area contributed by atoms with E-state index in [-0.39, 0.29) is 29.1 Å². The highest BCUT2D eigenvalue weighted by Gasteiger charge is 2.36. The third-order valence-corrected chi connectivity index (χ3v) is 4.48. The molecule has 8 nitrogen and oxygen atoms in total. The molecule has 164 valence electrons. The number of benzene rings is 2. The standard InChI is InChI=1S/C21H15F3N4O4/c22-21(23,24)18-9-14(13-6-7-16(29)17(30)8-13)26-19-10-15(27-28(18)19)20(31)32-25-11-12-4-2-1-3-5-12/h1-10,25,29-30H,11H2. The molecule has 3 N–H and O–H groups in total. The molecular weight excluding hydrogens is 429 g/mol. The number of aromatic nitrogens is 3. The lowest BCUT2D eigenvalue weighted by molar-refractivity contribution is -0.142. The molecule has 0 radical (unpaired) electrons. The molecule has 0 unspecified atom stereocenters. The number of phenols is 2. The topological polar surface area (TPSA) is 109 Å². The van der Waals surface area contributed by atoms with Gasteiger partial charge in [-0.05, 0) is 29.8 Å². The van der Waals surface area contributed by atoms with Crippen LogP contribution in [0.15, 0.2) is 60.7 Å². The van der Waals surface area contributed by atoms with Gasteiger partial charge in [0, 0.05) is 11.6 Å². The van der Waals surface area contributed by atoms with E-state index in [4.69, 9.17) is 4.84 Å². The number of aromatic hydroxyl groups is 2. The number of hydroxylamine groups is 1. The van der Waals surface area contributed by atoms with Crippen LogP contribution in [0.2, 0.25) is 0 Å². The van der Waals surface area contributed by atoms with Crippen molar-refractivity contribution in [2.75, 3.05) is 0 Å². The van der Waals surface area contributed by atoms with Crippen LogP contribution >= 0.6 is 0 Å². The first kappa shape index (κ1) is 21.1. The zero-order chi connectivity index (χ0) is 22.9. The third-order valence-electron chi connectivity index (χ3n) is 4.48. The highest BCUT2D eigenvalue weighted by Crippen LogP contribution is 2.34. The molecule has 2 aromatic carbocycles. The zero-order valence-corrected chi connectivity index (χ0v) is 16.2. The molecule has 4 aromatic rings. The van der Waals surface area contributed by atoms with Gasteiger partial charge in [-0.3, -0.25) is 0 Å². The summed E-state index contributed by atoms with van der Waals surface area (Å²) in [6, 6.07) is 14.3. The number of fused-ring (bicyclic) bond motifs is 1. The molecule has 11 heteroatoms. The molecule has 0 fully saturated rings. The molecule has 0 bridgehead atoms. The molecule has 0 spiro atoms. The molecule has 0 amide bonds. The van der Waals surface area contributed by atoms with Gasteiger partial charge in [0.05, 0.1) is 12.2 Å². The summed E-state index contributed by atoms with van der Waals surface area (Å²) in [4.78, 5) is 21.3. The van der Waals surface area contributed by atoms with Crippen LogP contribution in [0.3, 0.4) is 0 Å². The van der Waals surface area contributed by atoms with E-state index in [2.05, 4.69) is 15.6 Å². The van der Waals surface area contributed by atoms with E-state index in [9.17, 15) is 28.2 Å². The molecule has 2 heterocycles. The fourth-order valence-corrected chi connectivity index (χ4v) is 2.94. The van der Waals surface area contributed by atoms with Gasteiger partial charge >= 0.3 is 12.1 Å². The van der Waals surface area contributed by atoms with E-state index in [0.29, 0.717) is 4.52 Å². The molecule has 32 heavy (non-hydrogen) atoms. The lowest BCUT2D eigenvalue weighted by atomic mass is 10.1. The summed E-state index contributed by atoms with van der Waals surface area (Å²) >= 11 is 0. The van der Waals surface area contributed by atoms with Crippen molar-refractivity contribution in [3.8, 4) is 22.8 Å². The van der Waals surface area contributed by atoms with Gasteiger partial charge in [-0.1, -0.05) is 30.3 Å². The summed E-state index contributed by atoms with van der Waals surface area (Å²) in [5.74, 6) is -1.92. The molecule has 0 saturated heterocycles. The lowest BCUT2D eigenvalue weighted by Crippen LogP contribution is -2.20. The van der Waals surface area contributed by atoms with E-state index in [0.717, 1.165) is 29.8 Å². The predicted octanol–water partition coefficient (Wildman–Crippen LogP) is 3.69. The summed E-state index contributed by atoms with van der Waals surface area (Å²) in [5.41, 5.74) is 1.46. The maximum absolute atomic E-state index is 13.7. The van der Waals surface area contributed by atoms with E-state index < -0.39 is 29.3 Å². The van der Waals surface area contributed by atoms with Crippen LogP contribution in [-0.4, -0.2) is 30.8 Å². The minimum absolute atomic E-state index is 0.128. The zero-order valence-electron chi connectivity index (χ0n) is 16.2. The molecule has 2 aromatic heterocycles.